The summed E-state index contributed by atoms with van der Waals surface area (Å²) in [7, 11) is 0. The van der Waals surface area contributed by atoms with Gasteiger partial charge in [-0.1, -0.05) is 18.7 Å². The molecule has 1 rings (SSSR count). The van der Waals surface area contributed by atoms with E-state index in [0.717, 1.165) is 5.56 Å². The molecule has 0 fully saturated rings. The molecule has 0 aromatic heterocycles. The van der Waals surface area contributed by atoms with Crippen molar-refractivity contribution in [2.24, 2.45) is 0 Å². The highest BCUT2D eigenvalue weighted by Crippen LogP contribution is 2.09. The third-order valence-corrected chi connectivity index (χ3v) is 2.13. The molecular weight excluding hydrogens is 230 g/mol. The number of carbonyl (C=O) groups excluding carboxylic acids is 2. The summed E-state index contributed by atoms with van der Waals surface area (Å²) in [6, 6.07) is 8.76. The van der Waals surface area contributed by atoms with Gasteiger partial charge in [-0.15, -0.1) is 0 Å². The van der Waals surface area contributed by atoms with Crippen molar-refractivity contribution in [3.63, 3.8) is 0 Å². The summed E-state index contributed by atoms with van der Waals surface area (Å²) in [5.74, 6) is -0.577. The molecule has 0 spiro atoms. The molecule has 92 valence electrons. The number of anilines is 1. The van der Waals surface area contributed by atoms with E-state index in [-0.39, 0.29) is 18.2 Å². The highest BCUT2D eigenvalue weighted by atomic mass is 16.2. The molecule has 0 aliphatic heterocycles. The Morgan fingerprint density at radius 3 is 2.56 bits per heavy atom. The van der Waals surface area contributed by atoms with Crippen molar-refractivity contribution in [3.05, 3.63) is 42.5 Å². The van der Waals surface area contributed by atoms with Gasteiger partial charge in [-0.3, -0.25) is 9.59 Å². The number of nitrogens with zero attached hydrogens (tertiary/aromatic N) is 1. The molecule has 0 saturated heterocycles. The van der Waals surface area contributed by atoms with Crippen molar-refractivity contribution in [3.8, 4) is 6.07 Å². The van der Waals surface area contributed by atoms with Gasteiger partial charge in [-0.05, 0) is 23.8 Å². The van der Waals surface area contributed by atoms with Gasteiger partial charge < -0.3 is 10.6 Å². The smallest absolute Gasteiger partial charge is 0.243 e. The SMILES string of the molecule is C=CC(=O)NCc1ccc(NC(=O)CC#N)cc1. The second-order valence-corrected chi connectivity index (χ2v) is 3.50. The predicted molar refractivity (Wildman–Crippen MR) is 67.3 cm³/mol. The van der Waals surface area contributed by atoms with E-state index >= 15 is 0 Å². The average Bonchev–Trinajstić information content (AvgIpc) is 2.37. The van der Waals surface area contributed by atoms with Gasteiger partial charge in [-0.2, -0.15) is 5.26 Å². The van der Waals surface area contributed by atoms with Gasteiger partial charge in [-0.25, -0.2) is 0 Å². The summed E-state index contributed by atoms with van der Waals surface area (Å²) < 4.78 is 0. The molecule has 0 saturated carbocycles. The van der Waals surface area contributed by atoms with Crippen molar-refractivity contribution < 1.29 is 9.59 Å². The van der Waals surface area contributed by atoms with Crippen molar-refractivity contribution in [2.45, 2.75) is 13.0 Å². The fraction of sp³-hybridized carbons (Fsp3) is 0.154. The monoisotopic (exact) mass is 243 g/mol. The van der Waals surface area contributed by atoms with Gasteiger partial charge in [0.25, 0.3) is 0 Å². The fourth-order valence-electron chi connectivity index (χ4n) is 1.24. The zero-order chi connectivity index (χ0) is 13.4. The lowest BCUT2D eigenvalue weighted by Gasteiger charge is -2.05. The Labute approximate surface area is 105 Å². The molecule has 0 atom stereocenters. The number of nitrogens with one attached hydrogen (secondary N) is 2. The third-order valence-electron chi connectivity index (χ3n) is 2.13. The predicted octanol–water partition coefficient (Wildman–Crippen LogP) is 1.34. The van der Waals surface area contributed by atoms with Crippen LogP contribution in [0.4, 0.5) is 5.69 Å². The first-order valence-electron chi connectivity index (χ1n) is 5.31. The number of rotatable bonds is 5. The summed E-state index contributed by atoms with van der Waals surface area (Å²) in [5, 5.41) is 13.6. The minimum absolute atomic E-state index is 0.170. The van der Waals surface area contributed by atoms with Gasteiger partial charge in [0.05, 0.1) is 6.07 Å². The molecule has 0 aliphatic rings. The Hall–Kier alpha value is -2.61. The second-order valence-electron chi connectivity index (χ2n) is 3.50. The molecule has 2 amide bonds. The van der Waals surface area contributed by atoms with Crippen LogP contribution >= 0.6 is 0 Å². The van der Waals surface area contributed by atoms with E-state index in [1.54, 1.807) is 30.3 Å². The molecule has 0 radical (unpaired) electrons. The number of nitriles is 1. The van der Waals surface area contributed by atoms with Gasteiger partial charge in [0, 0.05) is 12.2 Å². The van der Waals surface area contributed by atoms with Crippen LogP contribution in [0.1, 0.15) is 12.0 Å². The summed E-state index contributed by atoms with van der Waals surface area (Å²) >= 11 is 0. The van der Waals surface area contributed by atoms with Crippen molar-refractivity contribution in [1.29, 1.82) is 5.26 Å². The van der Waals surface area contributed by atoms with E-state index in [1.165, 1.54) is 6.08 Å². The zero-order valence-corrected chi connectivity index (χ0v) is 9.77. The highest BCUT2D eigenvalue weighted by Gasteiger charge is 2.01. The van der Waals surface area contributed by atoms with Crippen LogP contribution in [0.5, 0.6) is 0 Å². The number of benzene rings is 1. The maximum Gasteiger partial charge on any atom is 0.243 e. The lowest BCUT2D eigenvalue weighted by atomic mass is 10.2. The summed E-state index contributed by atoms with van der Waals surface area (Å²) in [4.78, 5) is 22.1. The Balaban J connectivity index is 2.52. The first kappa shape index (κ1) is 13.5. The molecule has 0 heterocycles. The van der Waals surface area contributed by atoms with Crippen LogP contribution in [0.3, 0.4) is 0 Å². The topological polar surface area (TPSA) is 82.0 Å². The molecule has 18 heavy (non-hydrogen) atoms. The Bertz CT molecular complexity index is 486. The van der Waals surface area contributed by atoms with E-state index in [9.17, 15) is 9.59 Å². The van der Waals surface area contributed by atoms with E-state index in [2.05, 4.69) is 17.2 Å². The Morgan fingerprint density at radius 1 is 1.33 bits per heavy atom. The van der Waals surface area contributed by atoms with E-state index < -0.39 is 0 Å². The number of hydrogen-bond donors (Lipinski definition) is 2. The maximum absolute atomic E-state index is 11.1. The second kappa shape index (κ2) is 6.86. The minimum Gasteiger partial charge on any atom is -0.348 e. The molecule has 1 aromatic carbocycles. The largest absolute Gasteiger partial charge is 0.348 e. The van der Waals surface area contributed by atoms with Crippen molar-refractivity contribution in [2.75, 3.05) is 5.32 Å². The van der Waals surface area contributed by atoms with Gasteiger partial charge in [0.15, 0.2) is 0 Å². The van der Waals surface area contributed by atoms with Crippen LogP contribution in [0.2, 0.25) is 0 Å². The van der Waals surface area contributed by atoms with Crippen LogP contribution in [0, 0.1) is 11.3 Å². The first-order valence-corrected chi connectivity index (χ1v) is 5.31. The summed E-state index contributed by atoms with van der Waals surface area (Å²) in [6.45, 7) is 3.75. The van der Waals surface area contributed by atoms with Crippen LogP contribution in [-0.2, 0) is 16.1 Å². The zero-order valence-electron chi connectivity index (χ0n) is 9.77. The van der Waals surface area contributed by atoms with Crippen molar-refractivity contribution in [1.82, 2.24) is 5.32 Å². The first-order chi connectivity index (χ1) is 8.65. The minimum atomic E-state index is -0.342. The summed E-state index contributed by atoms with van der Waals surface area (Å²) in [5.41, 5.74) is 1.53. The van der Waals surface area contributed by atoms with Crippen LogP contribution in [0.25, 0.3) is 0 Å². The fourth-order valence-corrected chi connectivity index (χ4v) is 1.24. The molecule has 1 aromatic rings. The molecule has 5 nitrogen and oxygen atoms in total. The van der Waals surface area contributed by atoms with Crippen LogP contribution in [0.15, 0.2) is 36.9 Å². The maximum atomic E-state index is 11.1. The van der Waals surface area contributed by atoms with Gasteiger partial charge in [0.2, 0.25) is 11.8 Å². The molecule has 2 N–H and O–H groups in total. The number of amides is 2. The quantitative estimate of drug-likeness (QED) is 0.765. The third kappa shape index (κ3) is 4.49. The van der Waals surface area contributed by atoms with Gasteiger partial charge >= 0.3 is 0 Å². The van der Waals surface area contributed by atoms with E-state index in [1.807, 2.05) is 0 Å². The lowest BCUT2D eigenvalue weighted by Crippen LogP contribution is -2.19. The van der Waals surface area contributed by atoms with E-state index in [0.29, 0.717) is 12.2 Å². The van der Waals surface area contributed by atoms with E-state index in [4.69, 9.17) is 5.26 Å². The molecule has 0 unspecified atom stereocenters. The molecule has 5 heteroatoms. The average molecular weight is 243 g/mol. The number of hydrogen-bond acceptors (Lipinski definition) is 3. The van der Waals surface area contributed by atoms with Crippen molar-refractivity contribution >= 4 is 17.5 Å². The molecule has 0 aliphatic carbocycles. The highest BCUT2D eigenvalue weighted by molar-refractivity contribution is 5.92. The van der Waals surface area contributed by atoms with Gasteiger partial charge in [0.1, 0.15) is 6.42 Å². The lowest BCUT2D eigenvalue weighted by molar-refractivity contribution is -0.117. The van der Waals surface area contributed by atoms with Crippen LogP contribution < -0.4 is 10.6 Å². The molecular formula is C13H13N3O2. The number of carbonyl (C=O) groups is 2. The Kier molecular flexibility index (Phi) is 5.13. The van der Waals surface area contributed by atoms with Crippen LogP contribution in [-0.4, -0.2) is 11.8 Å². The standard InChI is InChI=1S/C13H13N3O2/c1-2-12(17)15-9-10-3-5-11(6-4-10)16-13(18)7-8-14/h2-6H,1,7,9H2,(H,15,17)(H,16,18). The Morgan fingerprint density at radius 2 is 2.00 bits per heavy atom. The normalized spacial score (nSPS) is 9.06. The molecule has 0 bridgehead atoms. The summed E-state index contributed by atoms with van der Waals surface area (Å²) in [6.07, 6.45) is 1.04.